The minimum Gasteiger partial charge on any atom is -0.370 e. The van der Waals surface area contributed by atoms with Crippen LogP contribution in [0.15, 0.2) is 47.8 Å². The van der Waals surface area contributed by atoms with Crippen LogP contribution < -0.4 is 38.9 Å². The van der Waals surface area contributed by atoms with E-state index in [1.54, 1.807) is 0 Å². The molecule has 0 fully saturated rings. The minimum atomic E-state index is -1.03. The first kappa shape index (κ1) is 33.7. The SMILES string of the molecule is CC(C)CC[C@H](NC(=O)[C@@H](CCCN=C(N)N)NC(=O)[C@@H](N)Cc1ccccc1)C(=O)N[C@@H](Cc1cnc[nH]1)C(N)=O. The average molecular weight is 585 g/mol. The minimum absolute atomic E-state index is 0.0884. The molecule has 1 aromatic carbocycles. The molecule has 4 amide bonds. The van der Waals surface area contributed by atoms with Crippen LogP contribution in [0.4, 0.5) is 0 Å². The number of aromatic amines is 1. The lowest BCUT2D eigenvalue weighted by molar-refractivity contribution is -0.133. The highest BCUT2D eigenvalue weighted by Crippen LogP contribution is 2.10. The number of amides is 4. The van der Waals surface area contributed by atoms with Crippen LogP contribution in [-0.4, -0.2) is 70.3 Å². The Hall–Kier alpha value is -4.46. The number of hydrogen-bond donors (Lipinski definition) is 8. The molecule has 0 spiro atoms. The molecule has 0 bridgehead atoms. The molecule has 0 saturated heterocycles. The average Bonchev–Trinajstić information content (AvgIpc) is 3.45. The van der Waals surface area contributed by atoms with Crippen LogP contribution in [0.1, 0.15) is 50.8 Å². The smallest absolute Gasteiger partial charge is 0.243 e. The number of guanidine groups is 1. The Labute approximate surface area is 245 Å². The van der Waals surface area contributed by atoms with Gasteiger partial charge in [0.15, 0.2) is 5.96 Å². The molecule has 14 heteroatoms. The predicted octanol–water partition coefficient (Wildman–Crippen LogP) is -1.05. The summed E-state index contributed by atoms with van der Waals surface area (Å²) in [5.41, 5.74) is 24.0. The molecule has 2 aromatic rings. The molecule has 4 atom stereocenters. The van der Waals surface area contributed by atoms with Crippen molar-refractivity contribution in [3.05, 3.63) is 54.1 Å². The van der Waals surface area contributed by atoms with Gasteiger partial charge in [-0.2, -0.15) is 0 Å². The maximum Gasteiger partial charge on any atom is 0.243 e. The third kappa shape index (κ3) is 12.4. The first-order valence-corrected chi connectivity index (χ1v) is 14.0. The van der Waals surface area contributed by atoms with Crippen molar-refractivity contribution < 1.29 is 19.2 Å². The van der Waals surface area contributed by atoms with Crippen LogP contribution in [0.5, 0.6) is 0 Å². The lowest BCUT2D eigenvalue weighted by Crippen LogP contribution is -2.58. The molecule has 0 aliphatic rings. The largest absolute Gasteiger partial charge is 0.370 e. The molecule has 2 rings (SSSR count). The summed E-state index contributed by atoms with van der Waals surface area (Å²) in [7, 11) is 0. The Morgan fingerprint density at radius 3 is 2.05 bits per heavy atom. The fraction of sp³-hybridized carbons (Fsp3) is 0.500. The van der Waals surface area contributed by atoms with Gasteiger partial charge in [0.05, 0.1) is 12.4 Å². The third-order valence-corrected chi connectivity index (χ3v) is 6.52. The zero-order valence-electron chi connectivity index (χ0n) is 24.2. The van der Waals surface area contributed by atoms with Gasteiger partial charge in [0.25, 0.3) is 0 Å². The van der Waals surface area contributed by atoms with E-state index in [0.717, 1.165) is 5.56 Å². The highest BCUT2D eigenvalue weighted by molar-refractivity contribution is 5.94. The van der Waals surface area contributed by atoms with Gasteiger partial charge < -0.3 is 43.9 Å². The van der Waals surface area contributed by atoms with Gasteiger partial charge in [0.2, 0.25) is 23.6 Å². The lowest BCUT2D eigenvalue weighted by Gasteiger charge is -2.26. The van der Waals surface area contributed by atoms with Crippen molar-refractivity contribution in [2.24, 2.45) is 33.8 Å². The normalized spacial score (nSPS) is 13.8. The maximum absolute atomic E-state index is 13.5. The summed E-state index contributed by atoms with van der Waals surface area (Å²) in [6, 6.07) is 5.34. The van der Waals surface area contributed by atoms with Gasteiger partial charge >= 0.3 is 0 Å². The van der Waals surface area contributed by atoms with E-state index >= 15 is 0 Å². The number of carbonyl (C=O) groups excluding carboxylic acids is 4. The van der Waals surface area contributed by atoms with Crippen molar-refractivity contribution in [2.45, 2.75) is 76.5 Å². The number of nitrogens with one attached hydrogen (secondary N) is 4. The zero-order chi connectivity index (χ0) is 31.1. The van der Waals surface area contributed by atoms with Gasteiger partial charge in [-0.25, -0.2) is 4.98 Å². The Kier molecular flexibility index (Phi) is 14.0. The molecule has 1 heterocycles. The summed E-state index contributed by atoms with van der Waals surface area (Å²) in [6.45, 7) is 4.22. The van der Waals surface area contributed by atoms with Crippen LogP contribution in [0.3, 0.4) is 0 Å². The molecule has 0 radical (unpaired) electrons. The zero-order valence-corrected chi connectivity index (χ0v) is 24.2. The highest BCUT2D eigenvalue weighted by Gasteiger charge is 2.30. The van der Waals surface area contributed by atoms with E-state index in [1.807, 2.05) is 44.2 Å². The predicted molar refractivity (Wildman–Crippen MR) is 159 cm³/mol. The quantitative estimate of drug-likeness (QED) is 0.0608. The second kappa shape index (κ2) is 17.4. The molecule has 12 N–H and O–H groups in total. The van der Waals surface area contributed by atoms with Crippen molar-refractivity contribution in [3.63, 3.8) is 0 Å². The van der Waals surface area contributed by atoms with Crippen LogP contribution in [0, 0.1) is 5.92 Å². The summed E-state index contributed by atoms with van der Waals surface area (Å²) < 4.78 is 0. The van der Waals surface area contributed by atoms with Crippen LogP contribution >= 0.6 is 0 Å². The monoisotopic (exact) mass is 584 g/mol. The standard InChI is InChI=1S/C28H44N10O4/c1-17(2)10-11-22(27(42)38-23(24(30)39)14-19-15-33-16-35-19)37-26(41)21(9-6-12-34-28(31)32)36-25(40)20(29)13-18-7-4-3-5-8-18/h3-5,7-8,15-17,20-23H,6,9-14,29H2,1-2H3,(H2,30,39)(H,33,35)(H,36,40)(H,37,41)(H,38,42)(H4,31,32,34)/t20-,21+,22-,23-/m0/s1. The van der Waals surface area contributed by atoms with E-state index in [2.05, 4.69) is 30.9 Å². The van der Waals surface area contributed by atoms with Crippen molar-refractivity contribution >= 4 is 29.6 Å². The fourth-order valence-corrected chi connectivity index (χ4v) is 4.16. The van der Waals surface area contributed by atoms with E-state index in [0.29, 0.717) is 25.0 Å². The van der Waals surface area contributed by atoms with Crippen molar-refractivity contribution in [1.82, 2.24) is 25.9 Å². The topological polar surface area (TPSA) is 249 Å². The second-order valence-corrected chi connectivity index (χ2v) is 10.6. The van der Waals surface area contributed by atoms with E-state index in [-0.39, 0.29) is 37.7 Å². The molecule has 0 unspecified atom stereocenters. The van der Waals surface area contributed by atoms with Crippen LogP contribution in [-0.2, 0) is 32.0 Å². The summed E-state index contributed by atoms with van der Waals surface area (Å²) in [5, 5.41) is 8.12. The van der Waals surface area contributed by atoms with Crippen molar-refractivity contribution in [3.8, 4) is 0 Å². The Morgan fingerprint density at radius 1 is 0.857 bits per heavy atom. The van der Waals surface area contributed by atoms with Crippen LogP contribution in [0.2, 0.25) is 0 Å². The fourth-order valence-electron chi connectivity index (χ4n) is 4.16. The number of imidazole rings is 1. The number of nitrogens with zero attached hydrogens (tertiary/aromatic N) is 2. The van der Waals surface area contributed by atoms with Crippen molar-refractivity contribution in [1.29, 1.82) is 0 Å². The number of nitrogens with two attached hydrogens (primary N) is 4. The summed E-state index contributed by atoms with van der Waals surface area (Å²) >= 11 is 0. The van der Waals surface area contributed by atoms with Crippen LogP contribution in [0.25, 0.3) is 0 Å². The molecule has 1 aromatic heterocycles. The summed E-state index contributed by atoms with van der Waals surface area (Å²) in [6.07, 6.45) is 4.84. The van der Waals surface area contributed by atoms with Gasteiger partial charge in [-0.05, 0) is 43.6 Å². The summed E-state index contributed by atoms with van der Waals surface area (Å²) in [4.78, 5) is 62.6. The molecular formula is C28H44N10O4. The Morgan fingerprint density at radius 2 is 1.48 bits per heavy atom. The first-order valence-electron chi connectivity index (χ1n) is 14.0. The van der Waals surface area contributed by atoms with Gasteiger partial charge in [0.1, 0.15) is 18.1 Å². The van der Waals surface area contributed by atoms with Gasteiger partial charge in [-0.1, -0.05) is 44.2 Å². The number of carbonyl (C=O) groups is 4. The lowest BCUT2D eigenvalue weighted by atomic mass is 10.0. The molecule has 42 heavy (non-hydrogen) atoms. The molecule has 230 valence electrons. The Balaban J connectivity index is 2.16. The number of H-pyrrole nitrogens is 1. The van der Waals surface area contributed by atoms with Gasteiger partial charge in [-0.3, -0.25) is 24.2 Å². The molecule has 0 aliphatic carbocycles. The van der Waals surface area contributed by atoms with Gasteiger partial charge in [-0.15, -0.1) is 0 Å². The van der Waals surface area contributed by atoms with Crippen molar-refractivity contribution in [2.75, 3.05) is 6.54 Å². The molecule has 0 saturated carbocycles. The number of primary amides is 1. The number of benzene rings is 1. The van der Waals surface area contributed by atoms with E-state index in [4.69, 9.17) is 22.9 Å². The van der Waals surface area contributed by atoms with Gasteiger partial charge in [0, 0.05) is 24.9 Å². The molecule has 14 nitrogen and oxygen atoms in total. The maximum atomic E-state index is 13.5. The molecule has 0 aliphatic heterocycles. The number of rotatable bonds is 18. The second-order valence-electron chi connectivity index (χ2n) is 10.6. The van der Waals surface area contributed by atoms with E-state index in [9.17, 15) is 19.2 Å². The van der Waals surface area contributed by atoms with E-state index in [1.165, 1.54) is 12.5 Å². The van der Waals surface area contributed by atoms with E-state index < -0.39 is 47.8 Å². The highest BCUT2D eigenvalue weighted by atomic mass is 16.2. The number of aromatic nitrogens is 2. The first-order chi connectivity index (χ1) is 20.0. The molecular weight excluding hydrogens is 540 g/mol. The third-order valence-electron chi connectivity index (χ3n) is 6.52. The number of aliphatic imine (C=N–C) groups is 1. The summed E-state index contributed by atoms with van der Waals surface area (Å²) in [5.74, 6) is -2.25. The Bertz CT molecular complexity index is 1170. The number of hydrogen-bond acceptors (Lipinski definition) is 7.